The number of nitrogens with one attached hydrogen (secondary N) is 1. The third-order valence-electron chi connectivity index (χ3n) is 6.00. The lowest BCUT2D eigenvalue weighted by Gasteiger charge is -2.34. The largest absolute Gasteiger partial charge is 0.352 e. The highest BCUT2D eigenvalue weighted by Crippen LogP contribution is 2.26. The molecule has 0 aliphatic carbocycles. The van der Waals surface area contributed by atoms with E-state index in [4.69, 9.17) is 0 Å². The minimum atomic E-state index is -4.13. The monoisotopic (exact) mass is 443 g/mol. The van der Waals surface area contributed by atoms with Crippen LogP contribution < -0.4 is 5.32 Å². The van der Waals surface area contributed by atoms with E-state index in [2.05, 4.69) is 17.1 Å². The smallest absolute Gasteiger partial charge is 0.246 e. The van der Waals surface area contributed by atoms with Crippen molar-refractivity contribution in [2.24, 2.45) is 11.8 Å². The molecule has 3 rings (SSSR count). The Hall–Kier alpha value is -1.58. The Balaban J connectivity index is 1.52. The SMILES string of the molecule is CC1CCCN(CC(C)NC(=O)C2CCN(S(=O)(=O)c3cc(F)ccc3F)CC2)C1. The van der Waals surface area contributed by atoms with Crippen LogP contribution in [0.3, 0.4) is 0 Å². The van der Waals surface area contributed by atoms with Crippen LogP contribution in [0.1, 0.15) is 39.5 Å². The molecule has 2 heterocycles. The average molecular weight is 444 g/mol. The van der Waals surface area contributed by atoms with E-state index in [9.17, 15) is 22.0 Å². The number of amides is 1. The normalized spacial score (nSPS) is 23.3. The van der Waals surface area contributed by atoms with Gasteiger partial charge < -0.3 is 10.2 Å². The van der Waals surface area contributed by atoms with Crippen LogP contribution in [-0.4, -0.2) is 62.3 Å². The van der Waals surface area contributed by atoms with Gasteiger partial charge in [0.1, 0.15) is 16.5 Å². The van der Waals surface area contributed by atoms with Crippen molar-refractivity contribution < 1.29 is 22.0 Å². The van der Waals surface area contributed by atoms with Gasteiger partial charge in [0.15, 0.2) is 0 Å². The first-order valence-electron chi connectivity index (χ1n) is 10.6. The molecule has 1 amide bonds. The summed E-state index contributed by atoms with van der Waals surface area (Å²) in [5, 5.41) is 3.06. The third-order valence-corrected chi connectivity index (χ3v) is 7.91. The summed E-state index contributed by atoms with van der Waals surface area (Å²) < 4.78 is 53.8. The van der Waals surface area contributed by atoms with Crippen LogP contribution in [0.4, 0.5) is 8.78 Å². The van der Waals surface area contributed by atoms with E-state index in [0.29, 0.717) is 24.8 Å². The van der Waals surface area contributed by atoms with Crippen LogP contribution in [0.15, 0.2) is 23.1 Å². The van der Waals surface area contributed by atoms with E-state index in [1.165, 1.54) is 12.8 Å². The minimum Gasteiger partial charge on any atom is -0.352 e. The van der Waals surface area contributed by atoms with Crippen molar-refractivity contribution in [2.75, 3.05) is 32.7 Å². The quantitative estimate of drug-likeness (QED) is 0.734. The minimum absolute atomic E-state index is 0.0194. The van der Waals surface area contributed by atoms with Crippen LogP contribution in [-0.2, 0) is 14.8 Å². The molecule has 2 saturated heterocycles. The highest BCUT2D eigenvalue weighted by atomic mass is 32.2. The predicted octanol–water partition coefficient (Wildman–Crippen LogP) is 2.60. The second kappa shape index (κ2) is 9.70. The zero-order chi connectivity index (χ0) is 21.9. The Morgan fingerprint density at radius 3 is 2.57 bits per heavy atom. The van der Waals surface area contributed by atoms with E-state index in [1.54, 1.807) is 0 Å². The molecule has 2 atom stereocenters. The maximum absolute atomic E-state index is 13.9. The van der Waals surface area contributed by atoms with Crippen molar-refractivity contribution in [3.8, 4) is 0 Å². The molecule has 6 nitrogen and oxygen atoms in total. The number of halogens is 2. The number of carbonyl (C=O) groups excluding carboxylic acids is 1. The van der Waals surface area contributed by atoms with E-state index in [0.717, 1.165) is 36.1 Å². The molecular weight excluding hydrogens is 412 g/mol. The fourth-order valence-electron chi connectivity index (χ4n) is 4.42. The van der Waals surface area contributed by atoms with Crippen molar-refractivity contribution in [1.82, 2.24) is 14.5 Å². The lowest BCUT2D eigenvalue weighted by atomic mass is 9.96. The van der Waals surface area contributed by atoms with Gasteiger partial charge in [0.25, 0.3) is 0 Å². The van der Waals surface area contributed by atoms with Crippen molar-refractivity contribution in [2.45, 2.75) is 50.5 Å². The average Bonchev–Trinajstić information content (AvgIpc) is 2.69. The molecular formula is C21H31F2N3O3S. The van der Waals surface area contributed by atoms with Gasteiger partial charge in [0.2, 0.25) is 15.9 Å². The van der Waals surface area contributed by atoms with E-state index >= 15 is 0 Å². The van der Waals surface area contributed by atoms with Gasteiger partial charge in [0.05, 0.1) is 0 Å². The number of rotatable bonds is 6. The fraction of sp³-hybridized carbons (Fsp3) is 0.667. The maximum atomic E-state index is 13.9. The van der Waals surface area contributed by atoms with Crippen molar-refractivity contribution in [1.29, 1.82) is 0 Å². The van der Waals surface area contributed by atoms with E-state index in [1.807, 2.05) is 6.92 Å². The summed E-state index contributed by atoms with van der Waals surface area (Å²) in [4.78, 5) is 14.4. The number of hydrogen-bond donors (Lipinski definition) is 1. The predicted molar refractivity (Wildman–Crippen MR) is 110 cm³/mol. The van der Waals surface area contributed by atoms with Gasteiger partial charge in [-0.2, -0.15) is 4.31 Å². The molecule has 2 unspecified atom stereocenters. The lowest BCUT2D eigenvalue weighted by molar-refractivity contribution is -0.126. The molecule has 30 heavy (non-hydrogen) atoms. The summed E-state index contributed by atoms with van der Waals surface area (Å²) in [7, 11) is -4.13. The summed E-state index contributed by atoms with van der Waals surface area (Å²) in [6.07, 6.45) is 3.14. The molecule has 1 aromatic carbocycles. The Labute approximate surface area is 177 Å². The highest BCUT2D eigenvalue weighted by molar-refractivity contribution is 7.89. The summed E-state index contributed by atoms with van der Waals surface area (Å²) in [6.45, 7) is 7.35. The summed E-state index contributed by atoms with van der Waals surface area (Å²) in [5.41, 5.74) is 0. The van der Waals surface area contributed by atoms with Gasteiger partial charge in [-0.05, 0) is 63.3 Å². The van der Waals surface area contributed by atoms with Crippen LogP contribution in [0.5, 0.6) is 0 Å². The van der Waals surface area contributed by atoms with Gasteiger partial charge in [-0.3, -0.25) is 4.79 Å². The van der Waals surface area contributed by atoms with Crippen LogP contribution in [0.2, 0.25) is 0 Å². The summed E-state index contributed by atoms with van der Waals surface area (Å²) in [5.74, 6) is -1.45. The second-order valence-electron chi connectivity index (χ2n) is 8.67. The molecule has 2 fully saturated rings. The number of likely N-dealkylation sites (tertiary alicyclic amines) is 1. The molecule has 1 N–H and O–H groups in total. The first-order valence-corrected chi connectivity index (χ1v) is 12.1. The first kappa shape index (κ1) is 23.1. The number of benzene rings is 1. The highest BCUT2D eigenvalue weighted by Gasteiger charge is 2.34. The molecule has 0 aromatic heterocycles. The number of piperidine rings is 2. The molecule has 9 heteroatoms. The summed E-state index contributed by atoms with van der Waals surface area (Å²) in [6, 6.07) is 2.42. The van der Waals surface area contributed by atoms with Crippen molar-refractivity contribution in [3.05, 3.63) is 29.8 Å². The van der Waals surface area contributed by atoms with Crippen LogP contribution in [0, 0.1) is 23.5 Å². The Kier molecular flexibility index (Phi) is 7.47. The fourth-order valence-corrected chi connectivity index (χ4v) is 5.96. The van der Waals surface area contributed by atoms with Gasteiger partial charge >= 0.3 is 0 Å². The lowest BCUT2D eigenvalue weighted by Crippen LogP contribution is -2.48. The van der Waals surface area contributed by atoms with Crippen LogP contribution in [0.25, 0.3) is 0 Å². The molecule has 1 aromatic rings. The van der Waals surface area contributed by atoms with Gasteiger partial charge in [-0.1, -0.05) is 6.92 Å². The van der Waals surface area contributed by atoms with Crippen molar-refractivity contribution >= 4 is 15.9 Å². The molecule has 0 spiro atoms. The number of nitrogens with zero attached hydrogens (tertiary/aromatic N) is 2. The van der Waals surface area contributed by atoms with Gasteiger partial charge in [-0.15, -0.1) is 0 Å². The van der Waals surface area contributed by atoms with Crippen LogP contribution >= 0.6 is 0 Å². The van der Waals surface area contributed by atoms with Gasteiger partial charge in [-0.25, -0.2) is 17.2 Å². The molecule has 0 radical (unpaired) electrons. The molecule has 2 aliphatic heterocycles. The Morgan fingerprint density at radius 1 is 1.20 bits per heavy atom. The Bertz CT molecular complexity index is 857. The van der Waals surface area contributed by atoms with E-state index in [-0.39, 0.29) is 31.0 Å². The van der Waals surface area contributed by atoms with Gasteiger partial charge in [0, 0.05) is 38.1 Å². The number of hydrogen-bond acceptors (Lipinski definition) is 4. The number of carbonyl (C=O) groups is 1. The topological polar surface area (TPSA) is 69.7 Å². The molecule has 0 bridgehead atoms. The third kappa shape index (κ3) is 5.56. The van der Waals surface area contributed by atoms with E-state index < -0.39 is 26.6 Å². The zero-order valence-corrected chi connectivity index (χ0v) is 18.4. The first-order chi connectivity index (χ1) is 14.2. The Morgan fingerprint density at radius 2 is 1.90 bits per heavy atom. The molecule has 168 valence electrons. The second-order valence-corrected chi connectivity index (χ2v) is 10.6. The molecule has 0 saturated carbocycles. The maximum Gasteiger partial charge on any atom is 0.246 e. The standard InChI is InChI=1S/C21H31F2N3O3S/c1-15-4-3-9-25(13-15)14-16(2)24-21(27)17-7-10-26(11-8-17)30(28,29)20-12-18(22)5-6-19(20)23/h5-6,12,15-17H,3-4,7-11,13-14H2,1-2H3,(H,24,27). The summed E-state index contributed by atoms with van der Waals surface area (Å²) >= 11 is 0. The molecule has 2 aliphatic rings. The van der Waals surface area contributed by atoms with Crippen molar-refractivity contribution in [3.63, 3.8) is 0 Å². The zero-order valence-electron chi connectivity index (χ0n) is 17.6. The number of sulfonamides is 1.